The van der Waals surface area contributed by atoms with Gasteiger partial charge in [-0.15, -0.1) is 0 Å². The zero-order valence-electron chi connectivity index (χ0n) is 10.0. The smallest absolute Gasteiger partial charge is 0.0145 e. The molecule has 0 amide bonds. The molecule has 0 radical (unpaired) electrons. The Morgan fingerprint density at radius 2 is 1.41 bits per heavy atom. The Kier molecular flexibility index (Phi) is 4.15. The van der Waals surface area contributed by atoms with Crippen molar-refractivity contribution < 1.29 is 0 Å². The fraction of sp³-hybridized carbons (Fsp3) is 0.200. The zero-order chi connectivity index (χ0) is 12.1. The molecule has 0 saturated carbocycles. The minimum atomic E-state index is -1.38. The molecule has 0 nitrogen and oxygen atoms in total. The maximum absolute atomic E-state index is 5.82. The van der Waals surface area contributed by atoms with E-state index in [0.29, 0.717) is 0 Å². The van der Waals surface area contributed by atoms with Gasteiger partial charge in [0, 0.05) is 0 Å². The van der Waals surface area contributed by atoms with Crippen LogP contribution in [0.1, 0.15) is 5.56 Å². The molecular formula is C15H17PS. The zero-order valence-corrected chi connectivity index (χ0v) is 11.8. The molecule has 2 heteroatoms. The van der Waals surface area contributed by atoms with Gasteiger partial charge in [0.15, 0.2) is 0 Å². The van der Waals surface area contributed by atoms with Crippen molar-refractivity contribution in [3.05, 3.63) is 66.2 Å². The SMILES string of the molecule is C[P@@](=S)(CCc1ccccc1)c1ccccc1. The van der Waals surface area contributed by atoms with Crippen molar-refractivity contribution in [3.8, 4) is 0 Å². The summed E-state index contributed by atoms with van der Waals surface area (Å²) in [6, 6.07) is 19.8. The fourth-order valence-corrected chi connectivity index (χ4v) is 4.24. The van der Waals surface area contributed by atoms with E-state index in [9.17, 15) is 0 Å². The van der Waals surface area contributed by atoms with Crippen LogP contribution in [0.4, 0.5) is 0 Å². The summed E-state index contributed by atoms with van der Waals surface area (Å²) < 4.78 is 0. The molecule has 0 saturated heterocycles. The van der Waals surface area contributed by atoms with E-state index in [-0.39, 0.29) is 0 Å². The van der Waals surface area contributed by atoms with Gasteiger partial charge in [-0.05, 0) is 36.2 Å². The first kappa shape index (κ1) is 12.5. The molecule has 0 fully saturated rings. The summed E-state index contributed by atoms with van der Waals surface area (Å²) in [4.78, 5) is 0. The van der Waals surface area contributed by atoms with Crippen LogP contribution in [0.15, 0.2) is 60.7 Å². The van der Waals surface area contributed by atoms with Gasteiger partial charge in [-0.25, -0.2) is 0 Å². The molecule has 0 bridgehead atoms. The van der Waals surface area contributed by atoms with Gasteiger partial charge in [-0.2, -0.15) is 0 Å². The lowest BCUT2D eigenvalue weighted by atomic mass is 10.2. The quantitative estimate of drug-likeness (QED) is 0.756. The molecule has 0 heterocycles. The Hall–Kier alpha value is -0.910. The molecule has 88 valence electrons. The van der Waals surface area contributed by atoms with Crippen LogP contribution in [0.3, 0.4) is 0 Å². The minimum Gasteiger partial charge on any atom is -0.0928 e. The molecule has 17 heavy (non-hydrogen) atoms. The second kappa shape index (κ2) is 5.62. The molecule has 0 spiro atoms. The first-order valence-electron chi connectivity index (χ1n) is 5.84. The topological polar surface area (TPSA) is 0 Å². The van der Waals surface area contributed by atoms with E-state index in [1.54, 1.807) is 0 Å². The first-order valence-corrected chi connectivity index (χ1v) is 9.28. The molecule has 1 atom stereocenters. The van der Waals surface area contributed by atoms with E-state index in [0.717, 1.165) is 12.6 Å². The van der Waals surface area contributed by atoms with Crippen molar-refractivity contribution in [1.82, 2.24) is 0 Å². The third-order valence-corrected chi connectivity index (χ3v) is 6.62. The van der Waals surface area contributed by atoms with Crippen molar-refractivity contribution in [1.29, 1.82) is 0 Å². The predicted molar refractivity (Wildman–Crippen MR) is 81.3 cm³/mol. The third kappa shape index (κ3) is 3.52. The van der Waals surface area contributed by atoms with E-state index >= 15 is 0 Å². The monoisotopic (exact) mass is 260 g/mol. The van der Waals surface area contributed by atoms with Gasteiger partial charge in [-0.1, -0.05) is 72.5 Å². The number of benzene rings is 2. The van der Waals surface area contributed by atoms with Crippen molar-refractivity contribution >= 4 is 23.1 Å². The van der Waals surface area contributed by atoms with Gasteiger partial charge in [0.05, 0.1) is 0 Å². The van der Waals surface area contributed by atoms with E-state index in [1.165, 1.54) is 10.9 Å². The van der Waals surface area contributed by atoms with Crippen molar-refractivity contribution in [2.24, 2.45) is 0 Å². The summed E-state index contributed by atoms with van der Waals surface area (Å²) in [6.07, 6.45) is 2.19. The van der Waals surface area contributed by atoms with Crippen molar-refractivity contribution in [3.63, 3.8) is 0 Å². The highest BCUT2D eigenvalue weighted by Crippen LogP contribution is 2.40. The van der Waals surface area contributed by atoms with Crippen LogP contribution in [0.25, 0.3) is 0 Å². The van der Waals surface area contributed by atoms with Crippen LogP contribution < -0.4 is 5.30 Å². The van der Waals surface area contributed by atoms with E-state index in [4.69, 9.17) is 11.8 Å². The van der Waals surface area contributed by atoms with Gasteiger partial charge in [0.25, 0.3) is 0 Å². The number of hydrogen-bond donors (Lipinski definition) is 0. The molecule has 2 aromatic carbocycles. The van der Waals surface area contributed by atoms with Crippen LogP contribution in [0.5, 0.6) is 0 Å². The standard InChI is InChI=1S/C15H17PS/c1-16(17,15-10-6-3-7-11-15)13-12-14-8-4-2-5-9-14/h2-11H,12-13H2,1H3/t16-/m1/s1. The predicted octanol–water partition coefficient (Wildman–Crippen LogP) is 3.66. The Bertz CT molecular complexity index is 505. The van der Waals surface area contributed by atoms with Crippen LogP contribution in [0.2, 0.25) is 0 Å². The highest BCUT2D eigenvalue weighted by molar-refractivity contribution is 8.17. The molecule has 2 aromatic rings. The fourth-order valence-electron chi connectivity index (χ4n) is 1.86. The summed E-state index contributed by atoms with van der Waals surface area (Å²) >= 11 is 5.82. The minimum absolute atomic E-state index is 1.09. The third-order valence-electron chi connectivity index (χ3n) is 2.97. The Morgan fingerprint density at radius 3 is 2.00 bits per heavy atom. The molecule has 0 N–H and O–H groups in total. The van der Waals surface area contributed by atoms with E-state index < -0.39 is 6.04 Å². The number of rotatable bonds is 4. The lowest BCUT2D eigenvalue weighted by molar-refractivity contribution is 1.15. The summed E-state index contributed by atoms with van der Waals surface area (Å²) in [6.45, 7) is 2.25. The van der Waals surface area contributed by atoms with Gasteiger partial charge >= 0.3 is 0 Å². The first-order chi connectivity index (χ1) is 8.18. The largest absolute Gasteiger partial charge is 0.0928 e. The highest BCUT2D eigenvalue weighted by Gasteiger charge is 2.12. The maximum atomic E-state index is 5.82. The van der Waals surface area contributed by atoms with Gasteiger partial charge < -0.3 is 0 Å². The molecular weight excluding hydrogens is 243 g/mol. The van der Waals surface area contributed by atoms with Crippen molar-refractivity contribution in [2.75, 3.05) is 12.8 Å². The summed E-state index contributed by atoms with van der Waals surface area (Å²) in [7, 11) is 0. The van der Waals surface area contributed by atoms with E-state index in [2.05, 4.69) is 67.3 Å². The lowest BCUT2D eigenvalue weighted by Gasteiger charge is -2.17. The highest BCUT2D eigenvalue weighted by atomic mass is 32.4. The van der Waals surface area contributed by atoms with Crippen LogP contribution in [-0.4, -0.2) is 12.8 Å². The Balaban J connectivity index is 2.06. The molecule has 2 rings (SSSR count). The summed E-state index contributed by atoms with van der Waals surface area (Å²) in [5.41, 5.74) is 1.39. The number of aryl methyl sites for hydroxylation is 1. The van der Waals surface area contributed by atoms with Gasteiger partial charge in [0.1, 0.15) is 0 Å². The molecule has 0 aliphatic rings. The van der Waals surface area contributed by atoms with Gasteiger partial charge in [0.2, 0.25) is 0 Å². The second-order valence-corrected chi connectivity index (χ2v) is 9.98. The summed E-state index contributed by atoms with van der Waals surface area (Å²) in [5, 5.41) is 1.35. The van der Waals surface area contributed by atoms with Crippen LogP contribution in [-0.2, 0) is 18.2 Å². The summed E-state index contributed by atoms with van der Waals surface area (Å²) in [5.74, 6) is 0. The second-order valence-electron chi connectivity index (χ2n) is 4.40. The Labute approximate surface area is 109 Å². The average molecular weight is 260 g/mol. The Morgan fingerprint density at radius 1 is 0.882 bits per heavy atom. The average Bonchev–Trinajstić information content (AvgIpc) is 2.39. The number of hydrogen-bond acceptors (Lipinski definition) is 1. The normalized spacial score (nSPS) is 14.2. The van der Waals surface area contributed by atoms with Crippen molar-refractivity contribution in [2.45, 2.75) is 6.42 Å². The lowest BCUT2D eigenvalue weighted by Crippen LogP contribution is -2.07. The maximum Gasteiger partial charge on any atom is -0.0145 e. The molecule has 0 aliphatic heterocycles. The van der Waals surface area contributed by atoms with Crippen LogP contribution in [0, 0.1) is 0 Å². The van der Waals surface area contributed by atoms with Gasteiger partial charge in [-0.3, -0.25) is 0 Å². The molecule has 0 aromatic heterocycles. The molecule has 0 aliphatic carbocycles. The molecule has 0 unspecified atom stereocenters. The van der Waals surface area contributed by atoms with E-state index in [1.807, 2.05) is 0 Å². The van der Waals surface area contributed by atoms with Crippen LogP contribution >= 0.6 is 6.04 Å².